The molecule has 2 aromatic carbocycles. The van der Waals surface area contributed by atoms with Gasteiger partial charge in [-0.05, 0) is 48.0 Å². The lowest BCUT2D eigenvalue weighted by atomic mass is 10.1. The molecule has 0 radical (unpaired) electrons. The Bertz CT molecular complexity index is 1170. The zero-order valence-electron chi connectivity index (χ0n) is 14.9. The zero-order chi connectivity index (χ0) is 20.4. The highest BCUT2D eigenvalue weighted by molar-refractivity contribution is 5.97. The van der Waals surface area contributed by atoms with Crippen LogP contribution in [0.3, 0.4) is 0 Å². The molecule has 2 heterocycles. The van der Waals surface area contributed by atoms with Crippen molar-refractivity contribution in [2.75, 3.05) is 0 Å². The summed E-state index contributed by atoms with van der Waals surface area (Å²) in [4.78, 5) is 20.9. The van der Waals surface area contributed by atoms with Crippen LogP contribution >= 0.6 is 0 Å². The van der Waals surface area contributed by atoms with Crippen molar-refractivity contribution in [1.82, 2.24) is 15.3 Å². The number of rotatable bonds is 4. The van der Waals surface area contributed by atoms with E-state index in [1.165, 1.54) is 18.2 Å². The van der Waals surface area contributed by atoms with E-state index in [-0.39, 0.29) is 6.54 Å². The van der Waals surface area contributed by atoms with E-state index in [1.807, 2.05) is 6.07 Å². The third kappa shape index (κ3) is 4.11. The van der Waals surface area contributed by atoms with Crippen molar-refractivity contribution < 1.29 is 22.4 Å². The topological polar surface area (TPSA) is 68.0 Å². The number of hydrogen-bond acceptors (Lipinski definition) is 4. The fraction of sp³-hybridized carbons (Fsp3) is 0.0952. The molecule has 0 aliphatic heterocycles. The predicted octanol–water partition coefficient (Wildman–Crippen LogP) is 4.84. The van der Waals surface area contributed by atoms with Crippen LogP contribution in [0.5, 0.6) is 0 Å². The Morgan fingerprint density at radius 1 is 1.03 bits per heavy atom. The minimum atomic E-state index is -4.43. The third-order valence-electron chi connectivity index (χ3n) is 4.24. The molecule has 0 aliphatic rings. The van der Waals surface area contributed by atoms with E-state index in [2.05, 4.69) is 15.3 Å². The molecule has 146 valence electrons. The zero-order valence-corrected chi connectivity index (χ0v) is 14.9. The van der Waals surface area contributed by atoms with Crippen LogP contribution in [0.2, 0.25) is 0 Å². The number of aromatic nitrogens is 2. The predicted molar refractivity (Wildman–Crippen MR) is 99.9 cm³/mol. The van der Waals surface area contributed by atoms with Crippen LogP contribution in [0.1, 0.15) is 21.5 Å². The van der Waals surface area contributed by atoms with Crippen molar-refractivity contribution in [3.63, 3.8) is 0 Å². The normalized spacial score (nSPS) is 11.6. The number of fused-ring (bicyclic) bond motifs is 1. The first kappa shape index (κ1) is 18.7. The molecule has 0 fully saturated rings. The van der Waals surface area contributed by atoms with Gasteiger partial charge in [0.05, 0.1) is 5.56 Å². The molecule has 0 bridgehead atoms. The van der Waals surface area contributed by atoms with E-state index in [1.54, 1.807) is 30.5 Å². The number of alkyl halides is 3. The van der Waals surface area contributed by atoms with Gasteiger partial charge in [-0.1, -0.05) is 18.2 Å². The lowest BCUT2D eigenvalue weighted by molar-refractivity contribution is -0.137. The minimum absolute atomic E-state index is 0.0314. The summed E-state index contributed by atoms with van der Waals surface area (Å²) >= 11 is 0. The average Bonchev–Trinajstić information content (AvgIpc) is 3.15. The standard InChI is InChI=1S/C21H14F3N3O2/c22-21(23,24)15-5-3-4-13(10-15)12-26-19(28)14-7-8-16-18(11-14)29-20(27-16)17-6-1-2-9-25-17/h1-11H,12H2,(H,26,28). The first-order valence-corrected chi connectivity index (χ1v) is 8.66. The number of oxazole rings is 1. The average molecular weight is 397 g/mol. The monoisotopic (exact) mass is 397 g/mol. The van der Waals surface area contributed by atoms with Crippen molar-refractivity contribution in [2.45, 2.75) is 12.7 Å². The highest BCUT2D eigenvalue weighted by atomic mass is 19.4. The molecule has 0 spiro atoms. The molecule has 0 saturated carbocycles. The summed E-state index contributed by atoms with van der Waals surface area (Å²) in [5, 5.41) is 2.62. The fourth-order valence-electron chi connectivity index (χ4n) is 2.81. The molecule has 0 aliphatic carbocycles. The lowest BCUT2D eigenvalue weighted by Crippen LogP contribution is -2.23. The second kappa shape index (κ2) is 7.38. The summed E-state index contributed by atoms with van der Waals surface area (Å²) in [7, 11) is 0. The van der Waals surface area contributed by atoms with Gasteiger partial charge < -0.3 is 9.73 Å². The Labute approximate surface area is 163 Å². The van der Waals surface area contributed by atoms with Gasteiger partial charge in [-0.3, -0.25) is 9.78 Å². The molecular weight excluding hydrogens is 383 g/mol. The van der Waals surface area contributed by atoms with E-state index in [0.717, 1.165) is 12.1 Å². The van der Waals surface area contributed by atoms with Gasteiger partial charge in [0.1, 0.15) is 11.2 Å². The maximum absolute atomic E-state index is 12.8. The van der Waals surface area contributed by atoms with Crippen LogP contribution in [0.15, 0.2) is 71.3 Å². The first-order valence-electron chi connectivity index (χ1n) is 8.66. The van der Waals surface area contributed by atoms with Crippen LogP contribution in [-0.4, -0.2) is 15.9 Å². The molecule has 5 nitrogen and oxygen atoms in total. The number of nitrogens with zero attached hydrogens (tertiary/aromatic N) is 2. The summed E-state index contributed by atoms with van der Waals surface area (Å²) in [5.41, 5.74) is 1.46. The molecule has 1 amide bonds. The van der Waals surface area contributed by atoms with E-state index in [9.17, 15) is 18.0 Å². The van der Waals surface area contributed by atoms with Crippen molar-refractivity contribution in [3.8, 4) is 11.6 Å². The fourth-order valence-corrected chi connectivity index (χ4v) is 2.81. The molecule has 4 aromatic rings. The van der Waals surface area contributed by atoms with Crippen LogP contribution < -0.4 is 5.32 Å². The van der Waals surface area contributed by atoms with Gasteiger partial charge in [0.2, 0.25) is 5.89 Å². The van der Waals surface area contributed by atoms with Gasteiger partial charge >= 0.3 is 6.18 Å². The molecule has 0 unspecified atom stereocenters. The number of carbonyl (C=O) groups excluding carboxylic acids is 1. The maximum Gasteiger partial charge on any atom is 0.416 e. The molecule has 1 N–H and O–H groups in total. The Morgan fingerprint density at radius 3 is 2.66 bits per heavy atom. The van der Waals surface area contributed by atoms with Crippen LogP contribution in [0.25, 0.3) is 22.7 Å². The number of pyridine rings is 1. The second-order valence-electron chi connectivity index (χ2n) is 6.30. The molecule has 2 aromatic heterocycles. The molecule has 0 saturated heterocycles. The molecular formula is C21H14F3N3O2. The Kier molecular flexibility index (Phi) is 4.75. The number of hydrogen-bond donors (Lipinski definition) is 1. The minimum Gasteiger partial charge on any atom is -0.435 e. The number of halogens is 3. The van der Waals surface area contributed by atoms with Crippen LogP contribution in [-0.2, 0) is 12.7 Å². The number of amides is 1. The summed E-state index contributed by atoms with van der Waals surface area (Å²) in [6, 6.07) is 14.9. The smallest absolute Gasteiger partial charge is 0.416 e. The van der Waals surface area contributed by atoms with E-state index < -0.39 is 17.6 Å². The number of nitrogens with one attached hydrogen (secondary N) is 1. The third-order valence-corrected chi connectivity index (χ3v) is 4.24. The van der Waals surface area contributed by atoms with Gasteiger partial charge in [-0.15, -0.1) is 0 Å². The second-order valence-corrected chi connectivity index (χ2v) is 6.30. The van der Waals surface area contributed by atoms with Crippen LogP contribution in [0.4, 0.5) is 13.2 Å². The van der Waals surface area contributed by atoms with E-state index in [4.69, 9.17) is 4.42 Å². The maximum atomic E-state index is 12.8. The molecule has 8 heteroatoms. The summed E-state index contributed by atoms with van der Waals surface area (Å²) in [5.74, 6) is -0.0952. The Balaban J connectivity index is 1.50. The van der Waals surface area contributed by atoms with Gasteiger partial charge in [-0.2, -0.15) is 13.2 Å². The molecule has 29 heavy (non-hydrogen) atoms. The van der Waals surface area contributed by atoms with Crippen LogP contribution in [0, 0.1) is 0 Å². The van der Waals surface area contributed by atoms with Crippen molar-refractivity contribution >= 4 is 17.0 Å². The Hall–Kier alpha value is -3.68. The van der Waals surface area contributed by atoms with Crippen molar-refractivity contribution in [3.05, 3.63) is 83.6 Å². The number of benzene rings is 2. The molecule has 4 rings (SSSR count). The largest absolute Gasteiger partial charge is 0.435 e. The van der Waals surface area contributed by atoms with E-state index >= 15 is 0 Å². The summed E-state index contributed by atoms with van der Waals surface area (Å²) in [6.07, 6.45) is -2.81. The van der Waals surface area contributed by atoms with Gasteiger partial charge in [0.25, 0.3) is 5.91 Å². The van der Waals surface area contributed by atoms with Gasteiger partial charge in [0.15, 0.2) is 5.58 Å². The van der Waals surface area contributed by atoms with Crippen molar-refractivity contribution in [1.29, 1.82) is 0 Å². The SMILES string of the molecule is O=C(NCc1cccc(C(F)(F)F)c1)c1ccc2nc(-c3ccccn3)oc2c1. The van der Waals surface area contributed by atoms with E-state index in [0.29, 0.717) is 33.8 Å². The summed E-state index contributed by atoms with van der Waals surface area (Å²) in [6.45, 7) is -0.0314. The highest BCUT2D eigenvalue weighted by Gasteiger charge is 2.30. The molecule has 0 atom stereocenters. The van der Waals surface area contributed by atoms with Gasteiger partial charge in [0, 0.05) is 18.3 Å². The highest BCUT2D eigenvalue weighted by Crippen LogP contribution is 2.29. The van der Waals surface area contributed by atoms with Crippen molar-refractivity contribution in [2.24, 2.45) is 0 Å². The van der Waals surface area contributed by atoms with Gasteiger partial charge in [-0.25, -0.2) is 4.98 Å². The first-order chi connectivity index (χ1) is 13.9. The Morgan fingerprint density at radius 2 is 1.90 bits per heavy atom. The number of carbonyl (C=O) groups is 1. The summed E-state index contributed by atoms with van der Waals surface area (Å²) < 4.78 is 44.1. The quantitative estimate of drug-likeness (QED) is 0.535. The lowest BCUT2D eigenvalue weighted by Gasteiger charge is -2.09.